The van der Waals surface area contributed by atoms with Gasteiger partial charge in [0.25, 0.3) is 0 Å². The number of rotatable bonds is 1. The summed E-state index contributed by atoms with van der Waals surface area (Å²) in [5.41, 5.74) is 4.32. The van der Waals surface area contributed by atoms with E-state index in [0.29, 0.717) is 5.56 Å². The number of fused-ring (bicyclic) bond motifs is 1. The number of hydrogen-bond acceptors (Lipinski definition) is 2. The Labute approximate surface area is 125 Å². The van der Waals surface area contributed by atoms with Gasteiger partial charge in [-0.05, 0) is 29.7 Å². The first-order valence-electron chi connectivity index (χ1n) is 7.14. The molecule has 2 nitrogen and oxygen atoms in total. The minimum Gasteiger partial charge on any atom is -0.288 e. The summed E-state index contributed by atoms with van der Waals surface area (Å²) in [4.78, 5) is 2.35. The summed E-state index contributed by atoms with van der Waals surface area (Å²) in [6.45, 7) is 2.75. The maximum absolute atomic E-state index is 9.05. The predicted molar refractivity (Wildman–Crippen MR) is 83.5 cm³/mol. The van der Waals surface area contributed by atoms with E-state index >= 15 is 0 Å². The predicted octanol–water partition coefficient (Wildman–Crippen LogP) is 2.97. The van der Waals surface area contributed by atoms with E-state index in [0.717, 1.165) is 31.6 Å². The topological polar surface area (TPSA) is 27.0 Å². The van der Waals surface area contributed by atoms with Gasteiger partial charge in [-0.2, -0.15) is 5.26 Å². The molecule has 102 valence electrons. The zero-order valence-corrected chi connectivity index (χ0v) is 11.8. The minimum absolute atomic E-state index is 0.647. The molecule has 2 aromatic rings. The highest BCUT2D eigenvalue weighted by Gasteiger charge is 2.14. The summed E-state index contributed by atoms with van der Waals surface area (Å²) in [5.74, 6) is 6.32. The van der Waals surface area contributed by atoms with Crippen LogP contribution < -0.4 is 0 Å². The molecular formula is C19H16N2. The molecule has 0 spiro atoms. The fourth-order valence-corrected chi connectivity index (χ4v) is 2.63. The second kappa shape index (κ2) is 6.27. The second-order valence-corrected chi connectivity index (χ2v) is 5.19. The lowest BCUT2D eigenvalue weighted by atomic mass is 10.00. The van der Waals surface area contributed by atoms with Crippen molar-refractivity contribution in [3.8, 4) is 17.9 Å². The van der Waals surface area contributed by atoms with Crippen LogP contribution in [0.5, 0.6) is 0 Å². The number of nitrogens with zero attached hydrogens (tertiary/aromatic N) is 2. The largest absolute Gasteiger partial charge is 0.288 e. The van der Waals surface area contributed by atoms with Crippen LogP contribution in [0.3, 0.4) is 0 Å². The molecule has 0 aliphatic carbocycles. The van der Waals surface area contributed by atoms with E-state index in [1.165, 1.54) is 11.1 Å². The van der Waals surface area contributed by atoms with E-state index in [1.54, 1.807) is 6.07 Å². The first-order chi connectivity index (χ1) is 10.4. The van der Waals surface area contributed by atoms with Crippen LogP contribution in [0, 0.1) is 23.2 Å². The summed E-state index contributed by atoms with van der Waals surface area (Å²) in [6.07, 6.45) is 1.09. The fourth-order valence-electron chi connectivity index (χ4n) is 2.63. The number of benzene rings is 2. The van der Waals surface area contributed by atoms with Crippen molar-refractivity contribution in [2.75, 3.05) is 13.1 Å². The standard InChI is InChI=1S/C19H16N2/c20-14-18-8-3-1-6-16(18)10-5-12-21-13-11-17-7-2-4-9-19(17)15-21/h1-4,6-9H,11-13,15H2. The third-order valence-corrected chi connectivity index (χ3v) is 3.78. The van der Waals surface area contributed by atoms with Crippen LogP contribution in [0.1, 0.15) is 22.3 Å². The van der Waals surface area contributed by atoms with Crippen LogP contribution in [0.2, 0.25) is 0 Å². The van der Waals surface area contributed by atoms with E-state index in [2.05, 4.69) is 47.1 Å². The quantitative estimate of drug-likeness (QED) is 0.746. The molecular weight excluding hydrogens is 256 g/mol. The van der Waals surface area contributed by atoms with Gasteiger partial charge in [0.2, 0.25) is 0 Å². The van der Waals surface area contributed by atoms with Gasteiger partial charge in [-0.25, -0.2) is 0 Å². The lowest BCUT2D eigenvalue weighted by molar-refractivity contribution is 0.286. The molecule has 0 bridgehead atoms. The van der Waals surface area contributed by atoms with E-state index in [9.17, 15) is 0 Å². The molecule has 0 aromatic heterocycles. The lowest BCUT2D eigenvalue weighted by Gasteiger charge is -2.26. The van der Waals surface area contributed by atoms with E-state index < -0.39 is 0 Å². The first-order valence-corrected chi connectivity index (χ1v) is 7.14. The van der Waals surface area contributed by atoms with Crippen molar-refractivity contribution in [2.45, 2.75) is 13.0 Å². The maximum atomic E-state index is 9.05. The van der Waals surface area contributed by atoms with Gasteiger partial charge < -0.3 is 0 Å². The highest BCUT2D eigenvalue weighted by Crippen LogP contribution is 2.17. The van der Waals surface area contributed by atoms with Crippen molar-refractivity contribution in [1.82, 2.24) is 4.90 Å². The van der Waals surface area contributed by atoms with Gasteiger partial charge in [-0.15, -0.1) is 0 Å². The Morgan fingerprint density at radius 2 is 1.67 bits per heavy atom. The van der Waals surface area contributed by atoms with Crippen LogP contribution in [-0.4, -0.2) is 18.0 Å². The van der Waals surface area contributed by atoms with Crippen LogP contribution in [0.15, 0.2) is 48.5 Å². The zero-order chi connectivity index (χ0) is 14.5. The third kappa shape index (κ3) is 3.14. The molecule has 0 unspecified atom stereocenters. The summed E-state index contributed by atoms with van der Waals surface area (Å²) in [5, 5.41) is 9.05. The lowest BCUT2D eigenvalue weighted by Crippen LogP contribution is -2.30. The normalized spacial score (nSPS) is 13.7. The smallest absolute Gasteiger partial charge is 0.100 e. The Morgan fingerprint density at radius 1 is 0.952 bits per heavy atom. The molecule has 0 amide bonds. The van der Waals surface area contributed by atoms with E-state index in [1.807, 2.05) is 18.2 Å². The minimum atomic E-state index is 0.647. The summed E-state index contributed by atoms with van der Waals surface area (Å²) >= 11 is 0. The first kappa shape index (κ1) is 13.4. The molecule has 0 radical (unpaired) electrons. The Morgan fingerprint density at radius 3 is 2.48 bits per heavy atom. The van der Waals surface area contributed by atoms with Crippen LogP contribution in [0.4, 0.5) is 0 Å². The van der Waals surface area contributed by atoms with Crippen molar-refractivity contribution in [2.24, 2.45) is 0 Å². The van der Waals surface area contributed by atoms with Gasteiger partial charge >= 0.3 is 0 Å². The average Bonchev–Trinajstić information content (AvgIpc) is 2.55. The van der Waals surface area contributed by atoms with Crippen molar-refractivity contribution in [3.63, 3.8) is 0 Å². The van der Waals surface area contributed by atoms with Gasteiger partial charge in [0.15, 0.2) is 0 Å². The number of hydrogen-bond donors (Lipinski definition) is 0. The van der Waals surface area contributed by atoms with Gasteiger partial charge in [0, 0.05) is 18.7 Å². The van der Waals surface area contributed by atoms with Crippen molar-refractivity contribution in [1.29, 1.82) is 5.26 Å². The summed E-state index contributed by atoms with van der Waals surface area (Å²) < 4.78 is 0. The Balaban J connectivity index is 1.68. The summed E-state index contributed by atoms with van der Waals surface area (Å²) in [6, 6.07) is 18.3. The van der Waals surface area contributed by atoms with Gasteiger partial charge in [0.1, 0.15) is 6.07 Å². The zero-order valence-electron chi connectivity index (χ0n) is 11.8. The average molecular weight is 272 g/mol. The van der Waals surface area contributed by atoms with Crippen molar-refractivity contribution < 1.29 is 0 Å². The van der Waals surface area contributed by atoms with Gasteiger partial charge in [-0.3, -0.25) is 4.90 Å². The molecule has 2 heteroatoms. The van der Waals surface area contributed by atoms with E-state index in [4.69, 9.17) is 5.26 Å². The van der Waals surface area contributed by atoms with E-state index in [-0.39, 0.29) is 0 Å². The third-order valence-electron chi connectivity index (χ3n) is 3.78. The molecule has 2 aromatic carbocycles. The Hall–Kier alpha value is -2.55. The molecule has 1 aliphatic heterocycles. The molecule has 0 saturated carbocycles. The molecule has 1 heterocycles. The maximum Gasteiger partial charge on any atom is 0.100 e. The Kier molecular flexibility index (Phi) is 4.01. The van der Waals surface area contributed by atoms with Crippen LogP contribution in [0.25, 0.3) is 0 Å². The van der Waals surface area contributed by atoms with Crippen LogP contribution in [-0.2, 0) is 13.0 Å². The van der Waals surface area contributed by atoms with Crippen molar-refractivity contribution in [3.05, 3.63) is 70.8 Å². The second-order valence-electron chi connectivity index (χ2n) is 5.19. The SMILES string of the molecule is N#Cc1ccccc1C#CCN1CCc2ccccc2C1. The Bertz CT molecular complexity index is 744. The highest BCUT2D eigenvalue weighted by atomic mass is 15.1. The molecule has 1 aliphatic rings. The molecule has 0 N–H and O–H groups in total. The highest BCUT2D eigenvalue weighted by molar-refractivity contribution is 5.47. The van der Waals surface area contributed by atoms with Gasteiger partial charge in [-0.1, -0.05) is 48.2 Å². The number of nitriles is 1. The molecule has 21 heavy (non-hydrogen) atoms. The fraction of sp³-hybridized carbons (Fsp3) is 0.211. The molecule has 0 fully saturated rings. The molecule has 0 atom stereocenters. The summed E-state index contributed by atoms with van der Waals surface area (Å²) in [7, 11) is 0. The molecule has 3 rings (SSSR count). The van der Waals surface area contributed by atoms with Gasteiger partial charge in [0.05, 0.1) is 12.1 Å². The monoisotopic (exact) mass is 272 g/mol. The molecule has 0 saturated heterocycles. The van der Waals surface area contributed by atoms with Crippen LogP contribution >= 0.6 is 0 Å². The van der Waals surface area contributed by atoms with Crippen molar-refractivity contribution >= 4 is 0 Å².